The highest BCUT2D eigenvalue weighted by molar-refractivity contribution is 5.76. The molecule has 0 radical (unpaired) electrons. The van der Waals surface area contributed by atoms with Crippen LogP contribution in [0.2, 0.25) is 0 Å². The van der Waals surface area contributed by atoms with Gasteiger partial charge in [0.1, 0.15) is 5.75 Å². The molecular formula is C16H22N2O2. The molecule has 2 unspecified atom stereocenters. The molecule has 1 aromatic rings. The van der Waals surface area contributed by atoms with Gasteiger partial charge in [0.25, 0.3) is 0 Å². The summed E-state index contributed by atoms with van der Waals surface area (Å²) in [5.74, 6) is 1.12. The molecule has 1 aromatic carbocycles. The molecule has 4 nitrogen and oxygen atoms in total. The number of fused-ring (bicyclic) bond motifs is 1. The van der Waals surface area contributed by atoms with Crippen LogP contribution >= 0.6 is 0 Å². The van der Waals surface area contributed by atoms with E-state index in [1.165, 1.54) is 17.5 Å². The fourth-order valence-corrected chi connectivity index (χ4v) is 3.21. The van der Waals surface area contributed by atoms with Gasteiger partial charge in [0.2, 0.25) is 5.91 Å². The van der Waals surface area contributed by atoms with Crippen molar-refractivity contribution in [1.29, 1.82) is 0 Å². The van der Waals surface area contributed by atoms with Crippen LogP contribution < -0.4 is 15.4 Å². The fourth-order valence-electron chi connectivity index (χ4n) is 3.21. The average molecular weight is 274 g/mol. The van der Waals surface area contributed by atoms with Crippen LogP contribution in [-0.4, -0.2) is 31.6 Å². The lowest BCUT2D eigenvalue weighted by molar-refractivity contribution is -0.122. The number of carbonyl (C=O) groups excluding carboxylic acids is 1. The number of hydrogen-bond acceptors (Lipinski definition) is 3. The smallest absolute Gasteiger partial charge is 0.220 e. The molecule has 1 aliphatic carbocycles. The van der Waals surface area contributed by atoms with E-state index in [9.17, 15) is 4.79 Å². The van der Waals surface area contributed by atoms with Crippen LogP contribution in [0.1, 0.15) is 30.4 Å². The molecule has 2 atom stereocenters. The highest BCUT2D eigenvalue weighted by atomic mass is 16.5. The number of nitrogens with one attached hydrogen (secondary N) is 2. The Morgan fingerprint density at radius 1 is 1.20 bits per heavy atom. The Morgan fingerprint density at radius 2 is 2.05 bits per heavy atom. The maximum Gasteiger partial charge on any atom is 0.220 e. The minimum Gasteiger partial charge on any atom is -0.497 e. The normalized spacial score (nSPS) is 25.8. The zero-order chi connectivity index (χ0) is 13.9. The summed E-state index contributed by atoms with van der Waals surface area (Å²) in [4.78, 5) is 11.2. The number of ether oxygens (including phenoxy) is 1. The number of amides is 1. The van der Waals surface area contributed by atoms with Gasteiger partial charge in [0.05, 0.1) is 7.11 Å². The van der Waals surface area contributed by atoms with E-state index in [1.54, 1.807) is 7.11 Å². The van der Waals surface area contributed by atoms with Crippen molar-refractivity contribution >= 4 is 5.91 Å². The standard InChI is InChI=1S/C16H22N2O2/c1-20-15-6-3-11-2-4-13(8-12(11)9-15)18-14-5-7-16(19)17-10-14/h3,6,9,13-14,18H,2,4-5,7-8,10H2,1H3,(H,17,19). The second-order valence-corrected chi connectivity index (χ2v) is 5.78. The largest absolute Gasteiger partial charge is 0.497 e. The first-order valence-electron chi connectivity index (χ1n) is 7.43. The number of benzene rings is 1. The molecule has 1 heterocycles. The quantitative estimate of drug-likeness (QED) is 0.876. The first-order valence-corrected chi connectivity index (χ1v) is 7.43. The topological polar surface area (TPSA) is 50.4 Å². The third-order valence-electron chi connectivity index (χ3n) is 4.38. The number of methoxy groups -OCH3 is 1. The van der Waals surface area contributed by atoms with Crippen LogP contribution in [0.25, 0.3) is 0 Å². The van der Waals surface area contributed by atoms with Crippen molar-refractivity contribution < 1.29 is 9.53 Å². The van der Waals surface area contributed by atoms with E-state index in [1.807, 2.05) is 6.07 Å². The Balaban J connectivity index is 1.61. The van der Waals surface area contributed by atoms with Gasteiger partial charge >= 0.3 is 0 Å². The summed E-state index contributed by atoms with van der Waals surface area (Å²) >= 11 is 0. The SMILES string of the molecule is COc1ccc2c(c1)CC(NC1CCC(=O)NC1)CC2. The Labute approximate surface area is 119 Å². The molecule has 1 aliphatic heterocycles. The van der Waals surface area contributed by atoms with Gasteiger partial charge in [-0.2, -0.15) is 0 Å². The highest BCUT2D eigenvalue weighted by Crippen LogP contribution is 2.26. The molecule has 0 aromatic heterocycles. The maximum absolute atomic E-state index is 11.2. The van der Waals surface area contributed by atoms with Gasteiger partial charge in [-0.3, -0.25) is 4.79 Å². The minimum absolute atomic E-state index is 0.182. The van der Waals surface area contributed by atoms with Gasteiger partial charge in [-0.25, -0.2) is 0 Å². The molecule has 1 saturated heterocycles. The molecule has 0 saturated carbocycles. The number of rotatable bonds is 3. The van der Waals surface area contributed by atoms with Crippen molar-refractivity contribution in [2.45, 2.75) is 44.2 Å². The molecule has 0 bridgehead atoms. The van der Waals surface area contributed by atoms with E-state index in [4.69, 9.17) is 4.74 Å². The number of carbonyl (C=O) groups is 1. The van der Waals surface area contributed by atoms with Crippen LogP contribution in [0, 0.1) is 0 Å². The fraction of sp³-hybridized carbons (Fsp3) is 0.562. The summed E-state index contributed by atoms with van der Waals surface area (Å²) in [5.41, 5.74) is 2.84. The lowest BCUT2D eigenvalue weighted by Gasteiger charge is -2.32. The summed E-state index contributed by atoms with van der Waals surface area (Å²) in [6.07, 6.45) is 4.94. The van der Waals surface area contributed by atoms with Crippen molar-refractivity contribution in [2.24, 2.45) is 0 Å². The number of aryl methyl sites for hydroxylation is 1. The summed E-state index contributed by atoms with van der Waals surface area (Å²) in [6, 6.07) is 7.32. The van der Waals surface area contributed by atoms with E-state index in [-0.39, 0.29) is 5.91 Å². The van der Waals surface area contributed by atoms with Gasteiger partial charge < -0.3 is 15.4 Å². The summed E-state index contributed by atoms with van der Waals surface area (Å²) in [7, 11) is 1.71. The highest BCUT2D eigenvalue weighted by Gasteiger charge is 2.24. The van der Waals surface area contributed by atoms with Crippen LogP contribution in [-0.2, 0) is 17.6 Å². The monoisotopic (exact) mass is 274 g/mol. The van der Waals surface area contributed by atoms with E-state index in [0.717, 1.165) is 31.6 Å². The van der Waals surface area contributed by atoms with Crippen LogP contribution in [0.5, 0.6) is 5.75 Å². The lowest BCUT2D eigenvalue weighted by Crippen LogP contribution is -2.50. The Hall–Kier alpha value is -1.55. The lowest BCUT2D eigenvalue weighted by atomic mass is 9.87. The van der Waals surface area contributed by atoms with Crippen molar-refractivity contribution in [3.05, 3.63) is 29.3 Å². The summed E-state index contributed by atoms with van der Waals surface area (Å²) in [6.45, 7) is 0.764. The average Bonchev–Trinajstić information content (AvgIpc) is 2.49. The Morgan fingerprint density at radius 3 is 2.80 bits per heavy atom. The van der Waals surface area contributed by atoms with E-state index < -0.39 is 0 Å². The van der Waals surface area contributed by atoms with E-state index >= 15 is 0 Å². The predicted octanol–water partition coefficient (Wildman–Crippen LogP) is 1.42. The van der Waals surface area contributed by atoms with Crippen LogP contribution in [0.15, 0.2) is 18.2 Å². The first kappa shape index (κ1) is 13.4. The van der Waals surface area contributed by atoms with Crippen LogP contribution in [0.4, 0.5) is 0 Å². The van der Waals surface area contributed by atoms with E-state index in [2.05, 4.69) is 22.8 Å². The molecule has 2 N–H and O–H groups in total. The molecule has 1 amide bonds. The van der Waals surface area contributed by atoms with Gasteiger partial charge in [0, 0.05) is 25.0 Å². The second-order valence-electron chi connectivity index (χ2n) is 5.78. The van der Waals surface area contributed by atoms with Gasteiger partial charge in [-0.05, 0) is 48.9 Å². The molecule has 20 heavy (non-hydrogen) atoms. The van der Waals surface area contributed by atoms with Crippen molar-refractivity contribution in [3.63, 3.8) is 0 Å². The van der Waals surface area contributed by atoms with Gasteiger partial charge in [-0.1, -0.05) is 6.07 Å². The molecule has 4 heteroatoms. The molecule has 3 rings (SSSR count). The third kappa shape index (κ3) is 2.96. The zero-order valence-electron chi connectivity index (χ0n) is 11.9. The Kier molecular flexibility index (Phi) is 3.92. The first-order chi connectivity index (χ1) is 9.74. The van der Waals surface area contributed by atoms with Gasteiger partial charge in [-0.15, -0.1) is 0 Å². The van der Waals surface area contributed by atoms with Crippen molar-refractivity contribution in [1.82, 2.24) is 10.6 Å². The van der Waals surface area contributed by atoms with Gasteiger partial charge in [0.15, 0.2) is 0 Å². The van der Waals surface area contributed by atoms with Crippen molar-refractivity contribution in [3.8, 4) is 5.75 Å². The summed E-state index contributed by atoms with van der Waals surface area (Å²) in [5, 5.41) is 6.64. The molecule has 1 fully saturated rings. The predicted molar refractivity (Wildman–Crippen MR) is 78.0 cm³/mol. The minimum atomic E-state index is 0.182. The number of piperidine rings is 1. The van der Waals surface area contributed by atoms with Crippen molar-refractivity contribution in [2.75, 3.05) is 13.7 Å². The second kappa shape index (κ2) is 5.83. The Bertz CT molecular complexity index is 491. The molecule has 2 aliphatic rings. The molecular weight excluding hydrogens is 252 g/mol. The summed E-state index contributed by atoms with van der Waals surface area (Å²) < 4.78 is 5.31. The van der Waals surface area contributed by atoms with Crippen LogP contribution in [0.3, 0.4) is 0 Å². The number of hydrogen-bond donors (Lipinski definition) is 2. The third-order valence-corrected chi connectivity index (χ3v) is 4.38. The van der Waals surface area contributed by atoms with E-state index in [0.29, 0.717) is 18.5 Å². The molecule has 108 valence electrons. The maximum atomic E-state index is 11.2. The zero-order valence-corrected chi connectivity index (χ0v) is 11.9. The molecule has 0 spiro atoms.